The van der Waals surface area contributed by atoms with E-state index in [4.69, 9.17) is 10.5 Å². The Morgan fingerprint density at radius 3 is 2.80 bits per heavy atom. The van der Waals surface area contributed by atoms with E-state index in [1.54, 1.807) is 18.7 Å². The second-order valence-corrected chi connectivity index (χ2v) is 3.46. The molecule has 0 aromatic carbocycles. The van der Waals surface area contributed by atoms with Crippen LogP contribution in [0.4, 0.5) is 0 Å². The van der Waals surface area contributed by atoms with Crippen LogP contribution in [0.15, 0.2) is 0 Å². The van der Waals surface area contributed by atoms with Crippen molar-refractivity contribution in [2.75, 3.05) is 13.7 Å². The maximum Gasteiger partial charge on any atom is 0.271 e. The van der Waals surface area contributed by atoms with Crippen LogP contribution in [0.3, 0.4) is 0 Å². The maximum absolute atomic E-state index is 11.0. The van der Waals surface area contributed by atoms with Gasteiger partial charge in [0.25, 0.3) is 5.91 Å². The molecule has 1 unspecified atom stereocenters. The topological polar surface area (TPSA) is 83.0 Å². The number of carbonyl (C=O) groups is 1. The van der Waals surface area contributed by atoms with Gasteiger partial charge < -0.3 is 10.5 Å². The van der Waals surface area contributed by atoms with Crippen molar-refractivity contribution >= 4 is 5.91 Å². The lowest BCUT2D eigenvalue weighted by molar-refractivity contribution is 0.0995. The molecule has 0 aliphatic heterocycles. The first-order valence-electron chi connectivity index (χ1n) is 4.78. The van der Waals surface area contributed by atoms with Crippen LogP contribution in [0, 0.1) is 6.92 Å². The molecule has 0 spiro atoms. The first-order valence-corrected chi connectivity index (χ1v) is 4.78. The Kier molecular flexibility index (Phi) is 3.79. The Morgan fingerprint density at radius 2 is 2.33 bits per heavy atom. The molecule has 1 rings (SSSR count). The van der Waals surface area contributed by atoms with Gasteiger partial charge in [-0.15, -0.1) is 5.10 Å². The fourth-order valence-corrected chi connectivity index (χ4v) is 1.40. The van der Waals surface area contributed by atoms with Gasteiger partial charge in [0.05, 0.1) is 11.7 Å². The lowest BCUT2D eigenvalue weighted by Gasteiger charge is -2.12. The summed E-state index contributed by atoms with van der Waals surface area (Å²) in [7, 11) is 1.65. The van der Waals surface area contributed by atoms with E-state index in [0.29, 0.717) is 12.3 Å². The average molecular weight is 212 g/mol. The molecule has 1 atom stereocenters. The minimum Gasteiger partial charge on any atom is -0.385 e. The van der Waals surface area contributed by atoms with Crippen molar-refractivity contribution in [2.24, 2.45) is 5.73 Å². The summed E-state index contributed by atoms with van der Waals surface area (Å²) < 4.78 is 6.67. The molecule has 0 bridgehead atoms. The highest BCUT2D eigenvalue weighted by Crippen LogP contribution is 2.13. The zero-order chi connectivity index (χ0) is 11.4. The van der Waals surface area contributed by atoms with Crippen LogP contribution in [0.5, 0.6) is 0 Å². The predicted molar refractivity (Wildman–Crippen MR) is 54.5 cm³/mol. The Hall–Kier alpha value is -1.43. The summed E-state index contributed by atoms with van der Waals surface area (Å²) in [6, 6.07) is 0.144. The van der Waals surface area contributed by atoms with Gasteiger partial charge in [-0.25, -0.2) is 4.68 Å². The molecule has 2 N–H and O–H groups in total. The molecule has 1 amide bonds. The number of nitrogens with zero attached hydrogens (tertiary/aromatic N) is 3. The van der Waals surface area contributed by atoms with Crippen LogP contribution < -0.4 is 5.73 Å². The zero-order valence-electron chi connectivity index (χ0n) is 9.23. The molecular formula is C9H16N4O2. The molecular weight excluding hydrogens is 196 g/mol. The Labute approximate surface area is 88.4 Å². The van der Waals surface area contributed by atoms with E-state index < -0.39 is 5.91 Å². The third kappa shape index (κ3) is 2.53. The average Bonchev–Trinajstić information content (AvgIpc) is 2.56. The molecule has 15 heavy (non-hydrogen) atoms. The summed E-state index contributed by atoms with van der Waals surface area (Å²) in [5.41, 5.74) is 6.08. The van der Waals surface area contributed by atoms with Gasteiger partial charge >= 0.3 is 0 Å². The number of primary amides is 1. The molecule has 6 nitrogen and oxygen atoms in total. The summed E-state index contributed by atoms with van der Waals surface area (Å²) in [6.45, 7) is 4.42. The van der Waals surface area contributed by atoms with Crippen LogP contribution in [-0.2, 0) is 4.74 Å². The van der Waals surface area contributed by atoms with Gasteiger partial charge in [0.15, 0.2) is 5.69 Å². The van der Waals surface area contributed by atoms with E-state index in [1.807, 2.05) is 6.92 Å². The number of amides is 1. The molecule has 0 saturated heterocycles. The molecule has 0 aliphatic rings. The molecule has 0 saturated carbocycles. The number of nitrogens with two attached hydrogens (primary N) is 1. The first-order chi connectivity index (χ1) is 7.07. The van der Waals surface area contributed by atoms with Crippen LogP contribution >= 0.6 is 0 Å². The number of ether oxygens (including phenoxy) is 1. The molecule has 0 fully saturated rings. The lowest BCUT2D eigenvalue weighted by Crippen LogP contribution is -2.15. The van der Waals surface area contributed by atoms with Gasteiger partial charge in [0, 0.05) is 13.7 Å². The van der Waals surface area contributed by atoms with Crippen molar-refractivity contribution in [3.8, 4) is 0 Å². The lowest BCUT2D eigenvalue weighted by atomic mass is 10.2. The quantitative estimate of drug-likeness (QED) is 0.760. The monoisotopic (exact) mass is 212 g/mol. The fourth-order valence-electron chi connectivity index (χ4n) is 1.40. The fraction of sp³-hybridized carbons (Fsp3) is 0.667. The number of aromatic nitrogens is 3. The third-order valence-corrected chi connectivity index (χ3v) is 2.32. The summed E-state index contributed by atoms with van der Waals surface area (Å²) in [5, 5.41) is 7.64. The Bertz CT molecular complexity index is 348. The van der Waals surface area contributed by atoms with E-state index in [9.17, 15) is 4.79 Å². The minimum absolute atomic E-state index is 0.144. The molecule has 1 aromatic heterocycles. The standard InChI is InChI=1S/C9H16N4O2/c1-6(4-5-15-3)13-7(2)8(9(10)14)11-12-13/h6H,4-5H2,1-3H3,(H2,10,14). The van der Waals surface area contributed by atoms with Gasteiger partial charge in [-0.2, -0.15) is 0 Å². The second kappa shape index (κ2) is 4.88. The van der Waals surface area contributed by atoms with Crippen LogP contribution in [0.1, 0.15) is 35.6 Å². The van der Waals surface area contributed by atoms with Crippen LogP contribution in [0.2, 0.25) is 0 Å². The van der Waals surface area contributed by atoms with Crippen molar-refractivity contribution in [3.05, 3.63) is 11.4 Å². The molecule has 1 heterocycles. The van der Waals surface area contributed by atoms with E-state index >= 15 is 0 Å². The zero-order valence-corrected chi connectivity index (χ0v) is 9.23. The van der Waals surface area contributed by atoms with Crippen molar-refractivity contribution in [2.45, 2.75) is 26.3 Å². The van der Waals surface area contributed by atoms with E-state index in [-0.39, 0.29) is 11.7 Å². The summed E-state index contributed by atoms with van der Waals surface area (Å²) >= 11 is 0. The molecule has 84 valence electrons. The molecule has 0 aliphatic carbocycles. The summed E-state index contributed by atoms with van der Waals surface area (Å²) in [4.78, 5) is 11.0. The highest BCUT2D eigenvalue weighted by atomic mass is 16.5. The van der Waals surface area contributed by atoms with E-state index in [0.717, 1.165) is 6.42 Å². The largest absolute Gasteiger partial charge is 0.385 e. The van der Waals surface area contributed by atoms with Crippen molar-refractivity contribution in [1.82, 2.24) is 15.0 Å². The van der Waals surface area contributed by atoms with Gasteiger partial charge in [-0.3, -0.25) is 4.79 Å². The van der Waals surface area contributed by atoms with Crippen molar-refractivity contribution in [1.29, 1.82) is 0 Å². The summed E-state index contributed by atoms with van der Waals surface area (Å²) in [5.74, 6) is -0.544. The van der Waals surface area contributed by atoms with Crippen LogP contribution in [0.25, 0.3) is 0 Å². The number of hydrogen-bond donors (Lipinski definition) is 1. The van der Waals surface area contributed by atoms with E-state index in [1.165, 1.54) is 0 Å². The minimum atomic E-state index is -0.544. The van der Waals surface area contributed by atoms with Gasteiger partial charge in [0.1, 0.15) is 0 Å². The smallest absolute Gasteiger partial charge is 0.271 e. The van der Waals surface area contributed by atoms with Gasteiger partial charge in [0.2, 0.25) is 0 Å². The first kappa shape index (κ1) is 11.6. The van der Waals surface area contributed by atoms with E-state index in [2.05, 4.69) is 10.3 Å². The SMILES string of the molecule is COCCC(C)n1nnc(C(N)=O)c1C. The number of carbonyl (C=O) groups excluding carboxylic acids is 1. The van der Waals surface area contributed by atoms with Crippen molar-refractivity contribution in [3.63, 3.8) is 0 Å². The van der Waals surface area contributed by atoms with Crippen molar-refractivity contribution < 1.29 is 9.53 Å². The predicted octanol–water partition coefficient (Wildman–Crippen LogP) is 0.283. The second-order valence-electron chi connectivity index (χ2n) is 3.46. The van der Waals surface area contributed by atoms with Gasteiger partial charge in [-0.05, 0) is 20.3 Å². The number of hydrogen-bond acceptors (Lipinski definition) is 4. The summed E-state index contributed by atoms with van der Waals surface area (Å²) in [6.07, 6.45) is 0.818. The molecule has 0 radical (unpaired) electrons. The third-order valence-electron chi connectivity index (χ3n) is 2.32. The Morgan fingerprint density at radius 1 is 1.67 bits per heavy atom. The number of methoxy groups -OCH3 is 1. The highest BCUT2D eigenvalue weighted by molar-refractivity contribution is 5.91. The van der Waals surface area contributed by atoms with Crippen LogP contribution in [-0.4, -0.2) is 34.6 Å². The Balaban J connectivity index is 2.81. The number of rotatable bonds is 5. The maximum atomic E-state index is 11.0. The molecule has 1 aromatic rings. The normalized spacial score (nSPS) is 12.7. The molecule has 6 heteroatoms. The van der Waals surface area contributed by atoms with Gasteiger partial charge in [-0.1, -0.05) is 5.21 Å². The highest BCUT2D eigenvalue weighted by Gasteiger charge is 2.16.